The van der Waals surface area contributed by atoms with Crippen LogP contribution in [0, 0.1) is 0 Å². The second-order valence-corrected chi connectivity index (χ2v) is 6.90. The number of oxazole rings is 1. The molecule has 0 fully saturated rings. The number of halogens is 1. The number of hydrogen-bond donors (Lipinski definition) is 1. The van der Waals surface area contributed by atoms with E-state index in [-0.39, 0.29) is 12.3 Å². The van der Waals surface area contributed by atoms with Crippen LogP contribution in [-0.2, 0) is 17.8 Å². The molecule has 0 saturated heterocycles. The van der Waals surface area contributed by atoms with Crippen LogP contribution < -0.4 is 5.32 Å². The van der Waals surface area contributed by atoms with Crippen LogP contribution >= 0.6 is 11.6 Å². The van der Waals surface area contributed by atoms with Crippen LogP contribution in [0.5, 0.6) is 0 Å². The van der Waals surface area contributed by atoms with E-state index in [1.165, 1.54) is 0 Å². The largest absolute Gasteiger partial charge is 0.441 e. The van der Waals surface area contributed by atoms with Crippen LogP contribution in [-0.4, -0.2) is 34.9 Å². The molecule has 7 heteroatoms. The lowest BCUT2D eigenvalue weighted by molar-refractivity contribution is -0.116. The number of pyridine rings is 1. The van der Waals surface area contributed by atoms with Crippen LogP contribution in [0.15, 0.2) is 53.2 Å². The van der Waals surface area contributed by atoms with E-state index in [0.717, 1.165) is 17.7 Å². The van der Waals surface area contributed by atoms with Gasteiger partial charge in [0.2, 0.25) is 5.91 Å². The van der Waals surface area contributed by atoms with Gasteiger partial charge >= 0.3 is 0 Å². The summed E-state index contributed by atoms with van der Waals surface area (Å²) in [6.07, 6.45) is 4.03. The molecule has 2 heterocycles. The Morgan fingerprint density at radius 3 is 2.70 bits per heavy atom. The topological polar surface area (TPSA) is 71.3 Å². The average molecular weight is 385 g/mol. The number of rotatable bonds is 7. The summed E-state index contributed by atoms with van der Waals surface area (Å²) in [4.78, 5) is 22.7. The number of anilines is 1. The van der Waals surface area contributed by atoms with Crippen molar-refractivity contribution in [1.82, 2.24) is 14.9 Å². The predicted molar refractivity (Wildman–Crippen MR) is 106 cm³/mol. The first-order chi connectivity index (χ1) is 13.0. The smallest absolute Gasteiger partial charge is 0.226 e. The molecule has 0 spiro atoms. The molecule has 3 aromatic rings. The number of benzene rings is 1. The quantitative estimate of drug-likeness (QED) is 0.666. The third-order valence-corrected chi connectivity index (χ3v) is 4.09. The van der Waals surface area contributed by atoms with Crippen molar-refractivity contribution >= 4 is 23.3 Å². The predicted octanol–water partition coefficient (Wildman–Crippen LogP) is 4.02. The molecule has 2 aromatic heterocycles. The van der Waals surface area contributed by atoms with E-state index in [0.29, 0.717) is 28.9 Å². The van der Waals surface area contributed by atoms with Gasteiger partial charge in [0.05, 0.1) is 6.20 Å². The molecular weight excluding hydrogens is 364 g/mol. The molecule has 140 valence electrons. The lowest BCUT2D eigenvalue weighted by Crippen LogP contribution is -2.15. The van der Waals surface area contributed by atoms with Crippen molar-refractivity contribution in [1.29, 1.82) is 0 Å². The Bertz CT molecular complexity index is 906. The summed E-state index contributed by atoms with van der Waals surface area (Å²) >= 11 is 5.89. The fourth-order valence-electron chi connectivity index (χ4n) is 2.61. The number of nitrogens with zero attached hydrogens (tertiary/aromatic N) is 3. The summed E-state index contributed by atoms with van der Waals surface area (Å²) in [5.41, 5.74) is 1.98. The molecule has 0 bridgehead atoms. The minimum Gasteiger partial charge on any atom is -0.441 e. The Morgan fingerprint density at radius 2 is 1.96 bits per heavy atom. The summed E-state index contributed by atoms with van der Waals surface area (Å²) in [5.74, 6) is 1.59. The van der Waals surface area contributed by atoms with Gasteiger partial charge in [0.25, 0.3) is 0 Å². The number of carbonyl (C=O) groups excluding carboxylic acids is 1. The molecule has 1 N–H and O–H groups in total. The zero-order valence-corrected chi connectivity index (χ0v) is 16.0. The van der Waals surface area contributed by atoms with Gasteiger partial charge in [-0.25, -0.2) is 9.97 Å². The Labute approximate surface area is 163 Å². The SMILES string of the molecule is CN(C)Cc1ccnc(NC(=O)CCc2ncc(-c3ccc(Cl)cc3)o2)c1. The van der Waals surface area contributed by atoms with Crippen molar-refractivity contribution < 1.29 is 9.21 Å². The maximum Gasteiger partial charge on any atom is 0.226 e. The number of aromatic nitrogens is 2. The summed E-state index contributed by atoms with van der Waals surface area (Å²) in [7, 11) is 3.99. The van der Waals surface area contributed by atoms with Gasteiger partial charge in [0.15, 0.2) is 11.7 Å². The zero-order chi connectivity index (χ0) is 19.2. The third kappa shape index (κ3) is 5.64. The Morgan fingerprint density at radius 1 is 1.19 bits per heavy atom. The monoisotopic (exact) mass is 384 g/mol. The molecule has 27 heavy (non-hydrogen) atoms. The summed E-state index contributed by atoms with van der Waals surface area (Å²) in [5, 5.41) is 3.48. The first-order valence-corrected chi connectivity index (χ1v) is 8.97. The van der Waals surface area contributed by atoms with E-state index in [1.807, 2.05) is 38.4 Å². The molecule has 0 radical (unpaired) electrons. The van der Waals surface area contributed by atoms with Gasteiger partial charge in [0.1, 0.15) is 5.82 Å². The van der Waals surface area contributed by atoms with Gasteiger partial charge in [-0.05, 0) is 56.1 Å². The Kier molecular flexibility index (Phi) is 6.21. The number of hydrogen-bond acceptors (Lipinski definition) is 5. The number of aryl methyl sites for hydroxylation is 1. The average Bonchev–Trinajstić information content (AvgIpc) is 3.09. The summed E-state index contributed by atoms with van der Waals surface area (Å²) in [6.45, 7) is 0.787. The first kappa shape index (κ1) is 19.1. The van der Waals surface area contributed by atoms with Crippen LogP contribution in [0.4, 0.5) is 5.82 Å². The Hall–Kier alpha value is -2.70. The van der Waals surface area contributed by atoms with Gasteiger partial charge in [-0.3, -0.25) is 4.79 Å². The molecule has 0 aliphatic rings. The van der Waals surface area contributed by atoms with Gasteiger partial charge in [0, 0.05) is 36.2 Å². The highest BCUT2D eigenvalue weighted by atomic mass is 35.5. The van der Waals surface area contributed by atoms with Crippen LogP contribution in [0.3, 0.4) is 0 Å². The number of nitrogens with one attached hydrogen (secondary N) is 1. The highest BCUT2D eigenvalue weighted by Gasteiger charge is 2.10. The molecule has 0 atom stereocenters. The summed E-state index contributed by atoms with van der Waals surface area (Å²) in [6, 6.07) is 11.1. The first-order valence-electron chi connectivity index (χ1n) is 8.60. The van der Waals surface area contributed by atoms with Crippen molar-refractivity contribution in [3.63, 3.8) is 0 Å². The molecular formula is C20H21ClN4O2. The molecule has 0 aliphatic heterocycles. The van der Waals surface area contributed by atoms with Gasteiger partial charge in [-0.1, -0.05) is 11.6 Å². The maximum atomic E-state index is 12.2. The molecule has 6 nitrogen and oxygen atoms in total. The molecule has 0 unspecified atom stereocenters. The van der Waals surface area contributed by atoms with Crippen molar-refractivity contribution in [2.45, 2.75) is 19.4 Å². The fraction of sp³-hybridized carbons (Fsp3) is 0.250. The van der Waals surface area contributed by atoms with Crippen molar-refractivity contribution in [3.05, 3.63) is 65.3 Å². The minimum atomic E-state index is -0.129. The maximum absolute atomic E-state index is 12.2. The van der Waals surface area contributed by atoms with E-state index >= 15 is 0 Å². The van der Waals surface area contributed by atoms with Gasteiger partial charge < -0.3 is 14.6 Å². The lowest BCUT2D eigenvalue weighted by Gasteiger charge is -2.10. The van der Waals surface area contributed by atoms with Gasteiger partial charge in [-0.15, -0.1) is 0 Å². The number of carbonyl (C=O) groups is 1. The molecule has 0 saturated carbocycles. The molecule has 0 aliphatic carbocycles. The van der Waals surface area contributed by atoms with E-state index in [1.54, 1.807) is 24.5 Å². The van der Waals surface area contributed by atoms with Gasteiger partial charge in [-0.2, -0.15) is 0 Å². The summed E-state index contributed by atoms with van der Waals surface area (Å²) < 4.78 is 5.72. The second kappa shape index (κ2) is 8.79. The zero-order valence-electron chi connectivity index (χ0n) is 15.3. The molecule has 1 amide bonds. The molecule has 1 aromatic carbocycles. The second-order valence-electron chi connectivity index (χ2n) is 6.46. The van der Waals surface area contributed by atoms with E-state index in [2.05, 4.69) is 20.2 Å². The van der Waals surface area contributed by atoms with Crippen LogP contribution in [0.25, 0.3) is 11.3 Å². The Balaban J connectivity index is 1.54. The van der Waals surface area contributed by atoms with Crippen molar-refractivity contribution in [2.24, 2.45) is 0 Å². The van der Waals surface area contributed by atoms with E-state index in [9.17, 15) is 4.79 Å². The highest BCUT2D eigenvalue weighted by Crippen LogP contribution is 2.22. The normalized spacial score (nSPS) is 11.0. The molecule has 3 rings (SSSR count). The minimum absolute atomic E-state index is 0.129. The van der Waals surface area contributed by atoms with E-state index in [4.69, 9.17) is 16.0 Å². The van der Waals surface area contributed by atoms with Crippen molar-refractivity contribution in [2.75, 3.05) is 19.4 Å². The standard InChI is InChI=1S/C20H21ClN4O2/c1-25(2)13-14-9-10-22-18(11-14)24-19(26)7-8-20-23-12-17(27-20)15-3-5-16(21)6-4-15/h3-6,9-12H,7-8,13H2,1-2H3,(H,22,24,26). The lowest BCUT2D eigenvalue weighted by atomic mass is 10.2. The van der Waals surface area contributed by atoms with Crippen molar-refractivity contribution in [3.8, 4) is 11.3 Å². The van der Waals surface area contributed by atoms with Crippen LogP contribution in [0.2, 0.25) is 5.02 Å². The highest BCUT2D eigenvalue weighted by molar-refractivity contribution is 6.30. The van der Waals surface area contributed by atoms with Crippen LogP contribution in [0.1, 0.15) is 17.9 Å². The van der Waals surface area contributed by atoms with E-state index < -0.39 is 0 Å². The number of amides is 1. The third-order valence-electron chi connectivity index (χ3n) is 3.84. The fourth-order valence-corrected chi connectivity index (χ4v) is 2.73.